The molecule has 0 bridgehead atoms. The first-order valence-corrected chi connectivity index (χ1v) is 6.53. The van der Waals surface area contributed by atoms with Gasteiger partial charge in [0.2, 0.25) is 5.91 Å². The number of carbonyl (C=O) groups excluding carboxylic acids is 1. The number of hydrogen-bond donors (Lipinski definition) is 1. The average molecular weight is 281 g/mol. The van der Waals surface area contributed by atoms with Crippen LogP contribution in [0.25, 0.3) is 0 Å². The summed E-state index contributed by atoms with van der Waals surface area (Å²) in [5.41, 5.74) is 5.69. The SMILES string of the molecule is CC(C)(C)N1C(=O)CCC(N)C1c1ccc([N+](=O)[O-])o1. The van der Waals surface area contributed by atoms with Gasteiger partial charge in [0.1, 0.15) is 16.7 Å². The van der Waals surface area contributed by atoms with Crippen molar-refractivity contribution >= 4 is 11.8 Å². The highest BCUT2D eigenvalue weighted by atomic mass is 16.6. The molecule has 1 aromatic heterocycles. The van der Waals surface area contributed by atoms with Gasteiger partial charge < -0.3 is 15.1 Å². The zero-order valence-electron chi connectivity index (χ0n) is 11.8. The van der Waals surface area contributed by atoms with Crippen molar-refractivity contribution in [2.45, 2.75) is 51.2 Å². The molecule has 2 heterocycles. The maximum Gasteiger partial charge on any atom is 0.433 e. The minimum atomic E-state index is -0.596. The van der Waals surface area contributed by atoms with Gasteiger partial charge in [0, 0.05) is 18.0 Å². The summed E-state index contributed by atoms with van der Waals surface area (Å²) in [4.78, 5) is 24.0. The summed E-state index contributed by atoms with van der Waals surface area (Å²) in [5.74, 6) is 0.0227. The molecule has 1 aliphatic rings. The first-order chi connectivity index (χ1) is 9.21. The summed E-state index contributed by atoms with van der Waals surface area (Å²) >= 11 is 0. The molecule has 2 N–H and O–H groups in total. The monoisotopic (exact) mass is 281 g/mol. The molecule has 0 aliphatic carbocycles. The van der Waals surface area contributed by atoms with Crippen LogP contribution in [0.3, 0.4) is 0 Å². The van der Waals surface area contributed by atoms with Crippen LogP contribution in [0.1, 0.15) is 45.4 Å². The third kappa shape index (κ3) is 2.53. The summed E-state index contributed by atoms with van der Waals surface area (Å²) in [6.45, 7) is 5.73. The maximum atomic E-state index is 12.2. The molecule has 0 radical (unpaired) electrons. The molecule has 0 aromatic carbocycles. The molecule has 1 saturated heterocycles. The Morgan fingerprint density at radius 1 is 1.45 bits per heavy atom. The Morgan fingerprint density at radius 3 is 2.60 bits per heavy atom. The van der Waals surface area contributed by atoms with Crippen LogP contribution >= 0.6 is 0 Å². The Morgan fingerprint density at radius 2 is 2.10 bits per heavy atom. The van der Waals surface area contributed by atoms with E-state index in [1.165, 1.54) is 12.1 Å². The van der Waals surface area contributed by atoms with E-state index < -0.39 is 16.5 Å². The first kappa shape index (κ1) is 14.5. The van der Waals surface area contributed by atoms with Gasteiger partial charge in [-0.2, -0.15) is 0 Å². The van der Waals surface area contributed by atoms with Crippen molar-refractivity contribution in [2.75, 3.05) is 0 Å². The second-order valence-corrected chi connectivity index (χ2v) is 6.02. The maximum absolute atomic E-state index is 12.2. The third-order valence-electron chi connectivity index (χ3n) is 3.45. The standard InChI is InChI=1S/C13H19N3O4/c1-13(2,3)15-10(17)6-4-8(14)12(15)9-5-7-11(20-9)16(18)19/h5,7-8,12H,4,6,14H2,1-3H3. The smallest absolute Gasteiger partial charge is 0.404 e. The summed E-state index contributed by atoms with van der Waals surface area (Å²) < 4.78 is 5.26. The molecule has 1 aliphatic heterocycles. The van der Waals surface area contributed by atoms with Crippen molar-refractivity contribution < 1.29 is 14.1 Å². The number of amides is 1. The zero-order chi connectivity index (χ0) is 15.1. The fraction of sp³-hybridized carbons (Fsp3) is 0.615. The van der Waals surface area contributed by atoms with E-state index in [0.717, 1.165) is 0 Å². The predicted molar refractivity (Wildman–Crippen MR) is 71.9 cm³/mol. The summed E-state index contributed by atoms with van der Waals surface area (Å²) in [6.07, 6.45) is 0.933. The predicted octanol–water partition coefficient (Wildman–Crippen LogP) is 1.98. The fourth-order valence-electron chi connectivity index (χ4n) is 2.64. The number of rotatable bonds is 2. The molecule has 1 amide bonds. The second kappa shape index (κ2) is 4.90. The molecule has 0 saturated carbocycles. The van der Waals surface area contributed by atoms with Crippen LogP contribution in [0.2, 0.25) is 0 Å². The number of nitro groups is 1. The molecule has 7 heteroatoms. The summed E-state index contributed by atoms with van der Waals surface area (Å²) in [6, 6.07) is 2.06. The number of likely N-dealkylation sites (tertiary alicyclic amines) is 1. The number of furan rings is 1. The van der Waals surface area contributed by atoms with Gasteiger partial charge >= 0.3 is 5.88 Å². The van der Waals surface area contributed by atoms with Gasteiger partial charge in [0.25, 0.3) is 0 Å². The van der Waals surface area contributed by atoms with Crippen LogP contribution in [-0.2, 0) is 4.79 Å². The van der Waals surface area contributed by atoms with Crippen LogP contribution in [0.5, 0.6) is 0 Å². The average Bonchev–Trinajstić information content (AvgIpc) is 2.79. The molecular weight excluding hydrogens is 262 g/mol. The van der Waals surface area contributed by atoms with Gasteiger partial charge in [0.15, 0.2) is 0 Å². The van der Waals surface area contributed by atoms with E-state index >= 15 is 0 Å². The van der Waals surface area contributed by atoms with Crippen molar-refractivity contribution in [3.8, 4) is 0 Å². The van der Waals surface area contributed by atoms with E-state index in [9.17, 15) is 14.9 Å². The topological polar surface area (TPSA) is 103 Å². The van der Waals surface area contributed by atoms with Crippen LogP contribution < -0.4 is 5.73 Å². The largest absolute Gasteiger partial charge is 0.433 e. The third-order valence-corrected chi connectivity index (χ3v) is 3.45. The summed E-state index contributed by atoms with van der Waals surface area (Å²) in [7, 11) is 0. The fourth-order valence-corrected chi connectivity index (χ4v) is 2.64. The van der Waals surface area contributed by atoms with Crippen molar-refractivity contribution in [2.24, 2.45) is 5.73 Å². The summed E-state index contributed by atoms with van der Waals surface area (Å²) in [5, 5.41) is 10.7. The highest BCUT2D eigenvalue weighted by molar-refractivity contribution is 5.78. The molecular formula is C13H19N3O4. The molecule has 20 heavy (non-hydrogen) atoms. The van der Waals surface area contributed by atoms with E-state index in [2.05, 4.69) is 0 Å². The lowest BCUT2D eigenvalue weighted by molar-refractivity contribution is -0.402. The van der Waals surface area contributed by atoms with Crippen LogP contribution in [-0.4, -0.2) is 27.3 Å². The highest BCUT2D eigenvalue weighted by Gasteiger charge is 2.42. The van der Waals surface area contributed by atoms with E-state index in [1.807, 2.05) is 20.8 Å². The molecule has 0 spiro atoms. The van der Waals surface area contributed by atoms with E-state index in [-0.39, 0.29) is 17.8 Å². The highest BCUT2D eigenvalue weighted by Crippen LogP contribution is 2.37. The zero-order valence-corrected chi connectivity index (χ0v) is 11.8. The van der Waals surface area contributed by atoms with E-state index in [0.29, 0.717) is 18.6 Å². The number of hydrogen-bond acceptors (Lipinski definition) is 5. The van der Waals surface area contributed by atoms with Crippen molar-refractivity contribution in [1.29, 1.82) is 0 Å². The Bertz CT molecular complexity index is 532. The van der Waals surface area contributed by atoms with E-state index in [1.54, 1.807) is 4.90 Å². The molecule has 1 aromatic rings. The Hall–Kier alpha value is -1.89. The number of piperidine rings is 1. The van der Waals surface area contributed by atoms with Crippen molar-refractivity contribution in [3.05, 3.63) is 28.0 Å². The minimum absolute atomic E-state index is 0.0109. The van der Waals surface area contributed by atoms with Gasteiger partial charge in [0.05, 0.1) is 6.07 Å². The Labute approximate surface area is 116 Å². The van der Waals surface area contributed by atoms with Gasteiger partial charge in [-0.15, -0.1) is 0 Å². The van der Waals surface area contributed by atoms with E-state index in [4.69, 9.17) is 10.2 Å². The van der Waals surface area contributed by atoms with Crippen LogP contribution in [0, 0.1) is 10.1 Å². The van der Waals surface area contributed by atoms with Gasteiger partial charge in [-0.05, 0) is 33.3 Å². The lowest BCUT2D eigenvalue weighted by atomic mass is 9.89. The quantitative estimate of drug-likeness (QED) is 0.659. The van der Waals surface area contributed by atoms with Gasteiger partial charge in [-0.3, -0.25) is 14.9 Å². The van der Waals surface area contributed by atoms with Crippen molar-refractivity contribution in [3.63, 3.8) is 0 Å². The van der Waals surface area contributed by atoms with Gasteiger partial charge in [-0.1, -0.05) is 0 Å². The molecule has 2 rings (SSSR count). The number of carbonyl (C=O) groups is 1. The van der Waals surface area contributed by atoms with Crippen molar-refractivity contribution in [1.82, 2.24) is 4.90 Å². The first-order valence-electron chi connectivity index (χ1n) is 6.53. The van der Waals surface area contributed by atoms with Gasteiger partial charge in [-0.25, -0.2) is 0 Å². The Balaban J connectivity index is 2.42. The van der Waals surface area contributed by atoms with Crippen LogP contribution in [0.4, 0.5) is 5.88 Å². The molecule has 110 valence electrons. The second-order valence-electron chi connectivity index (χ2n) is 6.02. The molecule has 1 fully saturated rings. The molecule has 7 nitrogen and oxygen atoms in total. The van der Waals surface area contributed by atoms with Crippen LogP contribution in [0.15, 0.2) is 16.5 Å². The normalized spacial score (nSPS) is 24.0. The molecule has 2 unspecified atom stereocenters. The Kier molecular flexibility index (Phi) is 3.56. The number of nitrogens with two attached hydrogens (primary N) is 1. The lowest BCUT2D eigenvalue weighted by Crippen LogP contribution is -2.56. The molecule has 2 atom stereocenters. The lowest BCUT2D eigenvalue weighted by Gasteiger charge is -2.46. The minimum Gasteiger partial charge on any atom is -0.404 e. The number of nitrogens with zero attached hydrogens (tertiary/aromatic N) is 2.